The Morgan fingerprint density at radius 2 is 1.96 bits per heavy atom. The van der Waals surface area contributed by atoms with Gasteiger partial charge in [-0.05, 0) is 0 Å². The molecular weight excluding hydrogens is 396 g/mol. The molecule has 0 aliphatic carbocycles. The van der Waals surface area contributed by atoms with E-state index in [9.17, 15) is 22.6 Å². The Bertz CT molecular complexity index is 761. The summed E-state index contributed by atoms with van der Waals surface area (Å²) in [6, 6.07) is 2.20. The van der Waals surface area contributed by atoms with Crippen LogP contribution in [0.3, 0.4) is 0 Å². The zero-order valence-electron chi connectivity index (χ0n) is 15.3. The molecule has 11 heteroatoms. The standard InChI is InChI=1S/C17H21F2N3O5S/c1-26-16(23)20-3-2-12-10-22(17(24)27-12)11-8-13(18)15(14(19)9-11)21-4-6-28(25)7-5-21/h8-9,12H,2-7,10H2,1H3,(H,20,23)/t12-/m0/s1. The van der Waals surface area contributed by atoms with Gasteiger partial charge in [0.05, 0.1) is 19.3 Å². The van der Waals surface area contributed by atoms with E-state index in [1.165, 1.54) is 12.0 Å². The van der Waals surface area contributed by atoms with Gasteiger partial charge in [0, 0.05) is 60.5 Å². The number of rotatable bonds is 5. The molecule has 0 bridgehead atoms. The highest BCUT2D eigenvalue weighted by Gasteiger charge is 2.33. The molecule has 1 aromatic carbocycles. The zero-order chi connectivity index (χ0) is 20.3. The molecule has 2 amide bonds. The topological polar surface area (TPSA) is 88.2 Å². The van der Waals surface area contributed by atoms with Gasteiger partial charge in [0.25, 0.3) is 0 Å². The van der Waals surface area contributed by atoms with E-state index in [4.69, 9.17) is 4.74 Å². The van der Waals surface area contributed by atoms with Crippen LogP contribution in [-0.2, 0) is 20.3 Å². The van der Waals surface area contributed by atoms with E-state index in [1.54, 1.807) is 0 Å². The Balaban J connectivity index is 1.67. The lowest BCUT2D eigenvalue weighted by atomic mass is 10.2. The molecule has 0 radical (unpaired) electrons. The Morgan fingerprint density at radius 3 is 2.57 bits per heavy atom. The van der Waals surface area contributed by atoms with Crippen LogP contribution in [0.15, 0.2) is 12.1 Å². The third-order valence-corrected chi connectivity index (χ3v) is 5.88. The lowest BCUT2D eigenvalue weighted by molar-refractivity contribution is 0.135. The van der Waals surface area contributed by atoms with Crippen LogP contribution in [-0.4, -0.2) is 67.3 Å². The fraction of sp³-hybridized carbons (Fsp3) is 0.529. The van der Waals surface area contributed by atoms with Crippen LogP contribution >= 0.6 is 0 Å². The van der Waals surface area contributed by atoms with E-state index in [-0.39, 0.29) is 24.5 Å². The molecule has 28 heavy (non-hydrogen) atoms. The number of nitrogens with one attached hydrogen (secondary N) is 1. The van der Waals surface area contributed by atoms with Crippen LogP contribution in [0, 0.1) is 11.6 Å². The van der Waals surface area contributed by atoms with Crippen molar-refractivity contribution in [2.45, 2.75) is 12.5 Å². The van der Waals surface area contributed by atoms with Gasteiger partial charge in [-0.3, -0.25) is 9.11 Å². The number of anilines is 2. The number of cyclic esters (lactones) is 1. The highest BCUT2D eigenvalue weighted by Crippen LogP contribution is 2.31. The van der Waals surface area contributed by atoms with Crippen LogP contribution < -0.4 is 15.1 Å². The maximum absolute atomic E-state index is 14.6. The van der Waals surface area contributed by atoms with E-state index in [2.05, 4.69) is 10.1 Å². The zero-order valence-corrected chi connectivity index (χ0v) is 16.1. The van der Waals surface area contributed by atoms with Crippen molar-refractivity contribution in [3.8, 4) is 0 Å². The van der Waals surface area contributed by atoms with Crippen LogP contribution in [0.25, 0.3) is 0 Å². The second-order valence-electron chi connectivity index (χ2n) is 6.42. The number of methoxy groups -OCH3 is 1. The summed E-state index contributed by atoms with van der Waals surface area (Å²) in [6.07, 6.45) is -1.48. The summed E-state index contributed by atoms with van der Waals surface area (Å²) < 4.78 is 50.3. The van der Waals surface area contributed by atoms with Gasteiger partial charge in [0.1, 0.15) is 11.8 Å². The van der Waals surface area contributed by atoms with Crippen LogP contribution in [0.4, 0.5) is 29.7 Å². The molecule has 1 atom stereocenters. The van der Waals surface area contributed by atoms with Gasteiger partial charge < -0.3 is 19.7 Å². The Morgan fingerprint density at radius 1 is 1.32 bits per heavy atom. The highest BCUT2D eigenvalue weighted by molar-refractivity contribution is 7.85. The average Bonchev–Trinajstić information content (AvgIpc) is 3.03. The molecule has 2 aliphatic rings. The smallest absolute Gasteiger partial charge is 0.414 e. The fourth-order valence-electron chi connectivity index (χ4n) is 3.16. The summed E-state index contributed by atoms with van der Waals surface area (Å²) >= 11 is 0. The first kappa shape index (κ1) is 20.3. The van der Waals surface area contributed by atoms with Crippen LogP contribution in [0.1, 0.15) is 6.42 Å². The Hall–Kier alpha value is -2.43. The van der Waals surface area contributed by atoms with Crippen LogP contribution in [0.5, 0.6) is 0 Å². The number of hydrogen-bond acceptors (Lipinski definition) is 6. The molecule has 0 saturated carbocycles. The first-order chi connectivity index (χ1) is 13.4. The second kappa shape index (κ2) is 8.72. The van der Waals surface area contributed by atoms with E-state index >= 15 is 0 Å². The van der Waals surface area contributed by atoms with Crippen molar-refractivity contribution in [3.63, 3.8) is 0 Å². The third kappa shape index (κ3) is 4.51. The van der Waals surface area contributed by atoms with Gasteiger partial charge in [-0.15, -0.1) is 0 Å². The number of benzene rings is 1. The quantitative estimate of drug-likeness (QED) is 0.783. The predicted molar refractivity (Wildman–Crippen MR) is 99.1 cm³/mol. The van der Waals surface area contributed by atoms with Gasteiger partial charge in [-0.25, -0.2) is 18.4 Å². The normalized spacial score (nSPS) is 20.2. The van der Waals surface area contributed by atoms with Crippen molar-refractivity contribution in [2.75, 3.05) is 54.6 Å². The third-order valence-electron chi connectivity index (χ3n) is 4.60. The number of carbonyl (C=O) groups excluding carboxylic acids is 2. The molecule has 8 nitrogen and oxygen atoms in total. The molecule has 0 spiro atoms. The summed E-state index contributed by atoms with van der Waals surface area (Å²) in [5.74, 6) is -0.849. The number of ether oxygens (including phenoxy) is 2. The highest BCUT2D eigenvalue weighted by atomic mass is 32.2. The molecule has 1 aromatic rings. The molecule has 2 fully saturated rings. The summed E-state index contributed by atoms with van der Waals surface area (Å²) in [7, 11) is 0.279. The van der Waals surface area contributed by atoms with Gasteiger partial charge >= 0.3 is 12.2 Å². The molecule has 154 valence electrons. The number of carbonyl (C=O) groups is 2. The predicted octanol–water partition coefficient (Wildman–Crippen LogP) is 1.60. The molecule has 0 aromatic heterocycles. The van der Waals surface area contributed by atoms with Crippen molar-refractivity contribution in [1.29, 1.82) is 0 Å². The molecule has 3 rings (SSSR count). The number of nitrogens with zero attached hydrogens (tertiary/aromatic N) is 2. The first-order valence-corrected chi connectivity index (χ1v) is 10.3. The largest absolute Gasteiger partial charge is 0.453 e. The minimum atomic E-state index is -0.960. The minimum absolute atomic E-state index is 0.0627. The molecule has 2 heterocycles. The lowest BCUT2D eigenvalue weighted by Crippen LogP contribution is -2.38. The van der Waals surface area contributed by atoms with Gasteiger partial charge in [0.2, 0.25) is 0 Å². The Labute approximate surface area is 163 Å². The number of alkyl carbamates (subject to hydrolysis) is 1. The molecular formula is C17H21F2N3O5S. The SMILES string of the molecule is COC(=O)NCC[C@H]1CN(c2cc(F)c(N3CCS(=O)CC3)c(F)c2)C(=O)O1. The van der Waals surface area contributed by atoms with Crippen LogP contribution in [0.2, 0.25) is 0 Å². The van der Waals surface area contributed by atoms with E-state index in [0.29, 0.717) is 31.0 Å². The molecule has 0 unspecified atom stereocenters. The summed E-state index contributed by atoms with van der Waals surface area (Å²) in [4.78, 5) is 25.8. The van der Waals surface area contributed by atoms with E-state index < -0.39 is 40.7 Å². The Kier molecular flexibility index (Phi) is 6.32. The molecule has 1 N–H and O–H groups in total. The number of halogens is 2. The van der Waals surface area contributed by atoms with Crippen molar-refractivity contribution in [3.05, 3.63) is 23.8 Å². The lowest BCUT2D eigenvalue weighted by Gasteiger charge is -2.29. The second-order valence-corrected chi connectivity index (χ2v) is 8.11. The monoisotopic (exact) mass is 417 g/mol. The maximum atomic E-state index is 14.6. The van der Waals surface area contributed by atoms with E-state index in [1.807, 2.05) is 0 Å². The summed E-state index contributed by atoms with van der Waals surface area (Å²) in [6.45, 7) is 0.959. The summed E-state index contributed by atoms with van der Waals surface area (Å²) in [5.41, 5.74) is -0.111. The van der Waals surface area contributed by atoms with E-state index in [0.717, 1.165) is 17.0 Å². The molecule has 2 aliphatic heterocycles. The summed E-state index contributed by atoms with van der Waals surface area (Å²) in [5, 5.41) is 2.48. The van der Waals surface area contributed by atoms with Crippen molar-refractivity contribution < 1.29 is 32.1 Å². The van der Waals surface area contributed by atoms with Crippen molar-refractivity contribution >= 4 is 34.4 Å². The van der Waals surface area contributed by atoms with Gasteiger partial charge in [-0.1, -0.05) is 0 Å². The van der Waals surface area contributed by atoms with Gasteiger partial charge in [0.15, 0.2) is 11.6 Å². The van der Waals surface area contributed by atoms with Crippen molar-refractivity contribution in [1.82, 2.24) is 5.32 Å². The van der Waals surface area contributed by atoms with Gasteiger partial charge in [-0.2, -0.15) is 0 Å². The molecule has 2 saturated heterocycles. The minimum Gasteiger partial charge on any atom is -0.453 e. The maximum Gasteiger partial charge on any atom is 0.414 e. The fourth-order valence-corrected chi connectivity index (χ4v) is 4.21. The number of amides is 2. The van der Waals surface area contributed by atoms with Crippen molar-refractivity contribution in [2.24, 2.45) is 0 Å². The first-order valence-electron chi connectivity index (χ1n) is 8.78. The number of hydrogen-bond donors (Lipinski definition) is 1. The average molecular weight is 417 g/mol.